The van der Waals surface area contributed by atoms with E-state index >= 15 is 0 Å². The van der Waals surface area contributed by atoms with Gasteiger partial charge in [0.2, 0.25) is 0 Å². The van der Waals surface area contributed by atoms with Crippen molar-refractivity contribution in [3.05, 3.63) is 94.6 Å². The van der Waals surface area contributed by atoms with Crippen LogP contribution in [0.15, 0.2) is 60.8 Å². The Morgan fingerprint density at radius 3 is 2.84 bits per heavy atom. The number of hydrogen-bond acceptors (Lipinski definition) is 4. The summed E-state index contributed by atoms with van der Waals surface area (Å²) in [6.45, 7) is 4.37. The maximum atomic E-state index is 5.85. The second-order valence-electron chi connectivity index (χ2n) is 8.53. The maximum absolute atomic E-state index is 5.85. The molecule has 0 fully saturated rings. The van der Waals surface area contributed by atoms with E-state index < -0.39 is 0 Å². The van der Waals surface area contributed by atoms with E-state index in [0.717, 1.165) is 42.8 Å². The molecule has 1 aliphatic carbocycles. The first-order valence-corrected chi connectivity index (χ1v) is 11.1. The third-order valence-electron chi connectivity index (χ3n) is 6.41. The average molecular weight is 412 g/mol. The summed E-state index contributed by atoms with van der Waals surface area (Å²) in [6, 6.07) is 19.4. The van der Waals surface area contributed by atoms with Crippen molar-refractivity contribution in [1.29, 1.82) is 0 Å². The SMILES string of the molecule is Cc1cc(CN)ccc1CN(Cc1nc2ccccc2[nH]1)C1CCCc2cccnc21. The van der Waals surface area contributed by atoms with Crippen LogP contribution >= 0.6 is 0 Å². The quantitative estimate of drug-likeness (QED) is 0.478. The lowest BCUT2D eigenvalue weighted by atomic mass is 9.90. The molecule has 0 spiro atoms. The third kappa shape index (κ3) is 4.11. The fourth-order valence-corrected chi connectivity index (χ4v) is 4.77. The van der Waals surface area contributed by atoms with Crippen molar-refractivity contribution in [3.8, 4) is 0 Å². The Morgan fingerprint density at radius 1 is 1.10 bits per heavy atom. The summed E-state index contributed by atoms with van der Waals surface area (Å²) in [5.41, 5.74) is 14.3. The van der Waals surface area contributed by atoms with Gasteiger partial charge in [0, 0.05) is 19.3 Å². The van der Waals surface area contributed by atoms with E-state index in [9.17, 15) is 0 Å². The smallest absolute Gasteiger partial charge is 0.121 e. The van der Waals surface area contributed by atoms with E-state index in [4.69, 9.17) is 15.7 Å². The zero-order valence-corrected chi connectivity index (χ0v) is 18.0. The van der Waals surface area contributed by atoms with Gasteiger partial charge >= 0.3 is 0 Å². The first-order chi connectivity index (χ1) is 15.2. The second kappa shape index (κ2) is 8.61. The fourth-order valence-electron chi connectivity index (χ4n) is 4.77. The number of nitrogens with one attached hydrogen (secondary N) is 1. The number of para-hydroxylation sites is 2. The van der Waals surface area contributed by atoms with Crippen LogP contribution in [-0.2, 0) is 26.1 Å². The third-order valence-corrected chi connectivity index (χ3v) is 6.41. The average Bonchev–Trinajstić information content (AvgIpc) is 3.22. The maximum Gasteiger partial charge on any atom is 0.121 e. The lowest BCUT2D eigenvalue weighted by Crippen LogP contribution is -2.32. The Kier molecular flexibility index (Phi) is 5.53. The van der Waals surface area contributed by atoms with Gasteiger partial charge < -0.3 is 10.7 Å². The summed E-state index contributed by atoms with van der Waals surface area (Å²) in [6.07, 6.45) is 5.34. The molecule has 0 radical (unpaired) electrons. The van der Waals surface area contributed by atoms with Gasteiger partial charge in [-0.1, -0.05) is 36.4 Å². The van der Waals surface area contributed by atoms with Crippen LogP contribution in [0.25, 0.3) is 11.0 Å². The lowest BCUT2D eigenvalue weighted by molar-refractivity contribution is 0.153. The van der Waals surface area contributed by atoms with Crippen LogP contribution in [0.1, 0.15) is 52.7 Å². The van der Waals surface area contributed by atoms with Gasteiger partial charge in [-0.3, -0.25) is 9.88 Å². The highest BCUT2D eigenvalue weighted by molar-refractivity contribution is 5.74. The second-order valence-corrected chi connectivity index (χ2v) is 8.53. The number of aromatic nitrogens is 3. The Labute approximate surface area is 183 Å². The van der Waals surface area contributed by atoms with Gasteiger partial charge in [0.25, 0.3) is 0 Å². The van der Waals surface area contributed by atoms with Crippen LogP contribution in [0.2, 0.25) is 0 Å². The Bertz CT molecular complexity index is 1160. The molecule has 2 heterocycles. The van der Waals surface area contributed by atoms with Crippen LogP contribution in [-0.4, -0.2) is 19.9 Å². The summed E-state index contributed by atoms with van der Waals surface area (Å²) in [5, 5.41) is 0. The molecule has 4 aromatic rings. The minimum absolute atomic E-state index is 0.284. The molecule has 1 atom stereocenters. The minimum Gasteiger partial charge on any atom is -0.341 e. The van der Waals surface area contributed by atoms with Crippen molar-refractivity contribution in [2.75, 3.05) is 0 Å². The standard InChI is InChI=1S/C26H29N5/c1-18-14-19(15-27)11-12-21(18)16-31(17-25-29-22-8-2-3-9-23(22)30-25)24-10-4-6-20-7-5-13-28-26(20)24/h2-3,5,7-9,11-14,24H,4,6,10,15-17,27H2,1H3,(H,29,30). The number of aryl methyl sites for hydroxylation is 2. The molecule has 5 heteroatoms. The normalized spacial score (nSPS) is 16.0. The Balaban J connectivity index is 1.51. The molecular formula is C26H29N5. The molecule has 0 saturated carbocycles. The molecule has 3 N–H and O–H groups in total. The number of imidazole rings is 1. The number of fused-ring (bicyclic) bond motifs is 2. The molecule has 2 aromatic carbocycles. The number of aromatic amines is 1. The highest BCUT2D eigenvalue weighted by Crippen LogP contribution is 2.35. The largest absolute Gasteiger partial charge is 0.341 e. The molecule has 0 amide bonds. The van der Waals surface area contributed by atoms with Crippen LogP contribution in [0.3, 0.4) is 0 Å². The van der Waals surface area contributed by atoms with Gasteiger partial charge in [-0.25, -0.2) is 4.98 Å². The number of hydrogen-bond donors (Lipinski definition) is 2. The van der Waals surface area contributed by atoms with Crippen LogP contribution in [0.5, 0.6) is 0 Å². The fraction of sp³-hybridized carbons (Fsp3) is 0.308. The Morgan fingerprint density at radius 2 is 2.00 bits per heavy atom. The molecule has 0 aliphatic heterocycles. The van der Waals surface area contributed by atoms with E-state index in [-0.39, 0.29) is 6.04 Å². The molecule has 1 unspecified atom stereocenters. The first-order valence-electron chi connectivity index (χ1n) is 11.1. The highest BCUT2D eigenvalue weighted by atomic mass is 15.2. The van der Waals surface area contributed by atoms with E-state index in [2.05, 4.69) is 59.3 Å². The zero-order chi connectivity index (χ0) is 21.2. The van der Waals surface area contributed by atoms with Crippen molar-refractivity contribution in [2.45, 2.75) is 51.9 Å². The van der Waals surface area contributed by atoms with E-state index in [0.29, 0.717) is 6.54 Å². The summed E-state index contributed by atoms with van der Waals surface area (Å²) in [5.74, 6) is 1.00. The van der Waals surface area contributed by atoms with Crippen molar-refractivity contribution < 1.29 is 0 Å². The van der Waals surface area contributed by atoms with Crippen LogP contribution in [0.4, 0.5) is 0 Å². The summed E-state index contributed by atoms with van der Waals surface area (Å²) >= 11 is 0. The predicted molar refractivity (Wildman–Crippen MR) is 124 cm³/mol. The van der Waals surface area contributed by atoms with Crippen LogP contribution < -0.4 is 5.73 Å². The van der Waals surface area contributed by atoms with Gasteiger partial charge in [0.1, 0.15) is 5.82 Å². The lowest BCUT2D eigenvalue weighted by Gasteiger charge is -2.35. The van der Waals surface area contributed by atoms with E-state index in [1.54, 1.807) is 0 Å². The number of rotatable bonds is 6. The first kappa shape index (κ1) is 19.9. The molecule has 158 valence electrons. The van der Waals surface area contributed by atoms with Gasteiger partial charge in [-0.2, -0.15) is 0 Å². The summed E-state index contributed by atoms with van der Waals surface area (Å²) < 4.78 is 0. The molecule has 1 aliphatic rings. The molecule has 5 rings (SSSR count). The van der Waals surface area contributed by atoms with Crippen molar-refractivity contribution in [1.82, 2.24) is 19.9 Å². The number of benzene rings is 2. The molecule has 0 saturated heterocycles. The van der Waals surface area contributed by atoms with Gasteiger partial charge in [0.15, 0.2) is 0 Å². The number of pyridine rings is 1. The highest BCUT2D eigenvalue weighted by Gasteiger charge is 2.28. The monoisotopic (exact) mass is 411 g/mol. The van der Waals surface area contributed by atoms with Gasteiger partial charge in [-0.05, 0) is 66.6 Å². The van der Waals surface area contributed by atoms with Gasteiger partial charge in [-0.15, -0.1) is 0 Å². The van der Waals surface area contributed by atoms with E-state index in [1.165, 1.54) is 34.4 Å². The van der Waals surface area contributed by atoms with Crippen LogP contribution in [0, 0.1) is 6.92 Å². The molecule has 0 bridgehead atoms. The summed E-state index contributed by atoms with van der Waals surface area (Å²) in [4.78, 5) is 15.7. The zero-order valence-electron chi connectivity index (χ0n) is 18.0. The van der Waals surface area contributed by atoms with Crippen molar-refractivity contribution >= 4 is 11.0 Å². The molecular weight excluding hydrogens is 382 g/mol. The van der Waals surface area contributed by atoms with Crippen molar-refractivity contribution in [3.63, 3.8) is 0 Å². The molecule has 5 nitrogen and oxygen atoms in total. The molecule has 31 heavy (non-hydrogen) atoms. The van der Waals surface area contributed by atoms with Crippen molar-refractivity contribution in [2.24, 2.45) is 5.73 Å². The predicted octanol–water partition coefficient (Wildman–Crippen LogP) is 4.80. The van der Waals surface area contributed by atoms with E-state index in [1.807, 2.05) is 18.3 Å². The number of nitrogens with zero attached hydrogens (tertiary/aromatic N) is 3. The minimum atomic E-state index is 0.284. The summed E-state index contributed by atoms with van der Waals surface area (Å²) in [7, 11) is 0. The number of H-pyrrole nitrogens is 1. The number of nitrogens with two attached hydrogens (primary N) is 1. The van der Waals surface area contributed by atoms with Gasteiger partial charge in [0.05, 0.1) is 29.3 Å². The topological polar surface area (TPSA) is 70.8 Å². The molecule has 2 aromatic heterocycles. The Hall–Kier alpha value is -3.02.